The summed E-state index contributed by atoms with van der Waals surface area (Å²) in [5.41, 5.74) is 6.08. The Morgan fingerprint density at radius 1 is 1.28 bits per heavy atom. The lowest BCUT2D eigenvalue weighted by Crippen LogP contribution is -2.35. The third kappa shape index (κ3) is 5.29. The molecule has 0 saturated carbocycles. The summed E-state index contributed by atoms with van der Waals surface area (Å²) in [7, 11) is 0. The van der Waals surface area contributed by atoms with Gasteiger partial charge in [-0.1, -0.05) is 11.6 Å². The van der Waals surface area contributed by atoms with Crippen LogP contribution >= 0.6 is 11.6 Å². The Morgan fingerprint density at radius 2 is 1.89 bits per heavy atom. The van der Waals surface area contributed by atoms with E-state index < -0.39 is 0 Å². The van der Waals surface area contributed by atoms with Gasteiger partial charge in [0.1, 0.15) is 0 Å². The van der Waals surface area contributed by atoms with Crippen LogP contribution in [0.2, 0.25) is 5.02 Å². The first-order valence-electron chi connectivity index (χ1n) is 5.80. The molecule has 5 heteroatoms. The predicted octanol–water partition coefficient (Wildman–Crippen LogP) is 1.77. The van der Waals surface area contributed by atoms with Gasteiger partial charge in [0.25, 0.3) is 0 Å². The van der Waals surface area contributed by atoms with Crippen LogP contribution in [0.4, 0.5) is 0 Å². The van der Waals surface area contributed by atoms with Gasteiger partial charge in [0.15, 0.2) is 5.78 Å². The summed E-state index contributed by atoms with van der Waals surface area (Å²) in [5, 5.41) is 3.25. The van der Waals surface area contributed by atoms with Crippen LogP contribution in [0, 0.1) is 0 Å². The van der Waals surface area contributed by atoms with E-state index in [-0.39, 0.29) is 30.6 Å². The molecule has 0 aliphatic rings. The van der Waals surface area contributed by atoms with Gasteiger partial charge < -0.3 is 11.1 Å². The molecule has 0 heterocycles. The molecule has 0 radical (unpaired) electrons. The van der Waals surface area contributed by atoms with E-state index >= 15 is 0 Å². The summed E-state index contributed by atoms with van der Waals surface area (Å²) in [4.78, 5) is 23.1. The summed E-state index contributed by atoms with van der Waals surface area (Å²) in [6.45, 7) is 2.23. The highest BCUT2D eigenvalue weighted by Crippen LogP contribution is 2.11. The summed E-state index contributed by atoms with van der Waals surface area (Å²) < 4.78 is 0. The topological polar surface area (TPSA) is 72.2 Å². The average Bonchev–Trinajstić information content (AvgIpc) is 2.34. The zero-order valence-electron chi connectivity index (χ0n) is 10.3. The molecule has 0 fully saturated rings. The van der Waals surface area contributed by atoms with E-state index in [1.54, 1.807) is 31.2 Å². The van der Waals surface area contributed by atoms with Gasteiger partial charge in [-0.25, -0.2) is 0 Å². The SMILES string of the molecule is CC(N)CNC(=O)CCC(=O)c1ccc(Cl)cc1. The Labute approximate surface area is 112 Å². The van der Waals surface area contributed by atoms with Crippen molar-refractivity contribution in [3.63, 3.8) is 0 Å². The molecule has 1 amide bonds. The van der Waals surface area contributed by atoms with Crippen molar-refractivity contribution in [2.24, 2.45) is 5.73 Å². The second-order valence-corrected chi connectivity index (χ2v) is 4.65. The second-order valence-electron chi connectivity index (χ2n) is 4.21. The molecular formula is C13H17ClN2O2. The van der Waals surface area contributed by atoms with E-state index in [9.17, 15) is 9.59 Å². The lowest BCUT2D eigenvalue weighted by molar-refractivity contribution is -0.121. The molecule has 0 saturated heterocycles. The van der Waals surface area contributed by atoms with Gasteiger partial charge in [-0.2, -0.15) is 0 Å². The summed E-state index contributed by atoms with van der Waals surface area (Å²) in [6, 6.07) is 6.55. The maximum atomic E-state index is 11.8. The molecule has 1 aromatic carbocycles. The maximum Gasteiger partial charge on any atom is 0.220 e. The van der Waals surface area contributed by atoms with Crippen LogP contribution in [0.15, 0.2) is 24.3 Å². The summed E-state index contributed by atoms with van der Waals surface area (Å²) in [5.74, 6) is -0.225. The van der Waals surface area contributed by atoms with E-state index in [0.717, 1.165) is 0 Å². The molecule has 1 atom stereocenters. The molecule has 0 aliphatic carbocycles. The minimum atomic E-state index is -0.158. The largest absolute Gasteiger partial charge is 0.355 e. The minimum absolute atomic E-state index is 0.0670. The molecule has 0 spiro atoms. The third-order valence-corrected chi connectivity index (χ3v) is 2.62. The summed E-state index contributed by atoms with van der Waals surface area (Å²) in [6.07, 6.45) is 0.362. The summed E-state index contributed by atoms with van der Waals surface area (Å²) >= 11 is 5.73. The quantitative estimate of drug-likeness (QED) is 0.773. The van der Waals surface area contributed by atoms with Crippen molar-refractivity contribution in [3.05, 3.63) is 34.9 Å². The Balaban J connectivity index is 2.37. The van der Waals surface area contributed by atoms with E-state index in [0.29, 0.717) is 17.1 Å². The molecule has 98 valence electrons. The number of nitrogens with one attached hydrogen (secondary N) is 1. The monoisotopic (exact) mass is 268 g/mol. The lowest BCUT2D eigenvalue weighted by atomic mass is 10.1. The van der Waals surface area contributed by atoms with Gasteiger partial charge in [-0.3, -0.25) is 9.59 Å². The van der Waals surface area contributed by atoms with Crippen LogP contribution in [0.1, 0.15) is 30.1 Å². The number of nitrogens with two attached hydrogens (primary N) is 1. The Morgan fingerprint density at radius 3 is 2.44 bits per heavy atom. The van der Waals surface area contributed by atoms with Gasteiger partial charge in [0.05, 0.1) is 0 Å². The number of rotatable bonds is 6. The van der Waals surface area contributed by atoms with Crippen molar-refractivity contribution in [2.45, 2.75) is 25.8 Å². The number of amides is 1. The van der Waals surface area contributed by atoms with Crippen molar-refractivity contribution in [3.8, 4) is 0 Å². The van der Waals surface area contributed by atoms with Gasteiger partial charge in [0.2, 0.25) is 5.91 Å². The van der Waals surface area contributed by atoms with Crippen LogP contribution in [-0.4, -0.2) is 24.3 Å². The number of Topliss-reactive ketones (excluding diaryl/α,β-unsaturated/α-hetero) is 1. The Hall–Kier alpha value is -1.39. The molecule has 1 rings (SSSR count). The fraction of sp³-hybridized carbons (Fsp3) is 0.385. The van der Waals surface area contributed by atoms with Crippen LogP contribution in [0.5, 0.6) is 0 Å². The fourth-order valence-electron chi connectivity index (χ4n) is 1.37. The number of hydrogen-bond donors (Lipinski definition) is 2. The van der Waals surface area contributed by atoms with E-state index in [1.165, 1.54) is 0 Å². The highest BCUT2D eigenvalue weighted by atomic mass is 35.5. The minimum Gasteiger partial charge on any atom is -0.355 e. The zero-order chi connectivity index (χ0) is 13.5. The predicted molar refractivity (Wildman–Crippen MR) is 71.7 cm³/mol. The van der Waals surface area contributed by atoms with Gasteiger partial charge in [0, 0.05) is 36.0 Å². The fourth-order valence-corrected chi connectivity index (χ4v) is 1.50. The van der Waals surface area contributed by atoms with E-state index in [4.69, 9.17) is 17.3 Å². The highest BCUT2D eigenvalue weighted by Gasteiger charge is 2.09. The Bertz CT molecular complexity index is 416. The van der Waals surface area contributed by atoms with Crippen molar-refractivity contribution >= 4 is 23.3 Å². The molecule has 18 heavy (non-hydrogen) atoms. The van der Waals surface area contributed by atoms with Crippen molar-refractivity contribution in [1.82, 2.24) is 5.32 Å². The first kappa shape index (κ1) is 14.7. The standard InChI is InChI=1S/C13H17ClN2O2/c1-9(15)8-16-13(18)7-6-12(17)10-2-4-11(14)5-3-10/h2-5,9H,6-8,15H2,1H3,(H,16,18). The smallest absolute Gasteiger partial charge is 0.220 e. The van der Waals surface area contributed by atoms with Crippen LogP contribution < -0.4 is 11.1 Å². The number of hydrogen-bond acceptors (Lipinski definition) is 3. The first-order valence-corrected chi connectivity index (χ1v) is 6.18. The molecule has 1 aromatic rings. The normalized spacial score (nSPS) is 11.9. The third-order valence-electron chi connectivity index (χ3n) is 2.37. The number of carbonyl (C=O) groups excluding carboxylic acids is 2. The molecule has 1 unspecified atom stereocenters. The highest BCUT2D eigenvalue weighted by molar-refractivity contribution is 6.30. The van der Waals surface area contributed by atoms with Crippen molar-refractivity contribution in [2.75, 3.05) is 6.54 Å². The number of halogens is 1. The second kappa shape index (κ2) is 7.13. The molecule has 0 aromatic heterocycles. The number of benzene rings is 1. The van der Waals surface area contributed by atoms with Gasteiger partial charge in [-0.05, 0) is 31.2 Å². The van der Waals surface area contributed by atoms with Gasteiger partial charge >= 0.3 is 0 Å². The van der Waals surface area contributed by atoms with Crippen molar-refractivity contribution in [1.29, 1.82) is 0 Å². The number of ketones is 1. The number of carbonyl (C=O) groups is 2. The zero-order valence-corrected chi connectivity index (χ0v) is 11.0. The average molecular weight is 269 g/mol. The van der Waals surface area contributed by atoms with Crippen LogP contribution in [0.25, 0.3) is 0 Å². The van der Waals surface area contributed by atoms with E-state index in [2.05, 4.69) is 5.32 Å². The van der Waals surface area contributed by atoms with Crippen molar-refractivity contribution < 1.29 is 9.59 Å². The molecule has 4 nitrogen and oxygen atoms in total. The maximum absolute atomic E-state index is 11.8. The molecule has 3 N–H and O–H groups in total. The molecule has 0 bridgehead atoms. The van der Waals surface area contributed by atoms with Crippen LogP contribution in [-0.2, 0) is 4.79 Å². The van der Waals surface area contributed by atoms with Gasteiger partial charge in [-0.15, -0.1) is 0 Å². The molecule has 0 aliphatic heterocycles. The first-order chi connectivity index (χ1) is 8.49. The van der Waals surface area contributed by atoms with Crippen LogP contribution in [0.3, 0.4) is 0 Å². The van der Waals surface area contributed by atoms with E-state index in [1.807, 2.05) is 0 Å². The molecular weight excluding hydrogens is 252 g/mol. The Kier molecular flexibility index (Phi) is 5.82. The lowest BCUT2D eigenvalue weighted by Gasteiger charge is -2.07.